The highest BCUT2D eigenvalue weighted by Crippen LogP contribution is 2.30. The first-order valence-electron chi connectivity index (χ1n) is 6.93. The molecule has 0 radical (unpaired) electrons. The highest BCUT2D eigenvalue weighted by molar-refractivity contribution is 5.60. The molecule has 1 aromatic carbocycles. The first kappa shape index (κ1) is 13.2. The summed E-state index contributed by atoms with van der Waals surface area (Å²) in [6.45, 7) is 10.6. The van der Waals surface area contributed by atoms with Crippen LogP contribution in [0.4, 0.5) is 5.69 Å². The quantitative estimate of drug-likeness (QED) is 0.886. The normalized spacial score (nSPS) is 17.6. The van der Waals surface area contributed by atoms with Gasteiger partial charge in [-0.3, -0.25) is 0 Å². The van der Waals surface area contributed by atoms with E-state index in [4.69, 9.17) is 4.74 Å². The second kappa shape index (κ2) is 6.10. The largest absolute Gasteiger partial charge is 0.489 e. The van der Waals surface area contributed by atoms with Gasteiger partial charge in [-0.05, 0) is 38.0 Å². The van der Waals surface area contributed by atoms with Gasteiger partial charge in [-0.1, -0.05) is 13.0 Å². The fourth-order valence-corrected chi connectivity index (χ4v) is 2.18. The number of aryl methyl sites for hydroxylation is 1. The van der Waals surface area contributed by atoms with E-state index in [0.717, 1.165) is 38.3 Å². The number of ether oxygens (including phenoxy) is 1. The summed E-state index contributed by atoms with van der Waals surface area (Å²) in [5.74, 6) is 1.02. The van der Waals surface area contributed by atoms with Crippen LogP contribution in [0.25, 0.3) is 0 Å². The van der Waals surface area contributed by atoms with E-state index in [1.54, 1.807) is 0 Å². The summed E-state index contributed by atoms with van der Waals surface area (Å²) in [6.07, 6.45) is 1.31. The monoisotopic (exact) mass is 248 g/mol. The molecular weight excluding hydrogens is 224 g/mol. The minimum Gasteiger partial charge on any atom is -0.489 e. The Bertz CT molecular complexity index is 386. The van der Waals surface area contributed by atoms with Gasteiger partial charge < -0.3 is 15.0 Å². The third-order valence-corrected chi connectivity index (χ3v) is 3.48. The Morgan fingerprint density at radius 1 is 1.33 bits per heavy atom. The molecule has 1 unspecified atom stereocenters. The van der Waals surface area contributed by atoms with Crippen molar-refractivity contribution in [2.24, 2.45) is 0 Å². The van der Waals surface area contributed by atoms with Crippen molar-refractivity contribution in [3.8, 4) is 5.75 Å². The van der Waals surface area contributed by atoms with Gasteiger partial charge in [0.15, 0.2) is 0 Å². The molecule has 0 saturated carbocycles. The van der Waals surface area contributed by atoms with Crippen LogP contribution in [0.2, 0.25) is 0 Å². The van der Waals surface area contributed by atoms with Crippen LogP contribution < -0.4 is 15.0 Å². The Hall–Kier alpha value is -1.22. The summed E-state index contributed by atoms with van der Waals surface area (Å²) in [5, 5.41) is 3.39. The molecule has 0 spiro atoms. The number of piperazine rings is 1. The summed E-state index contributed by atoms with van der Waals surface area (Å²) >= 11 is 0. The minimum atomic E-state index is 0.273. The van der Waals surface area contributed by atoms with E-state index in [-0.39, 0.29) is 6.10 Å². The van der Waals surface area contributed by atoms with E-state index < -0.39 is 0 Å². The van der Waals surface area contributed by atoms with Crippen LogP contribution in [0.15, 0.2) is 18.2 Å². The van der Waals surface area contributed by atoms with Crippen molar-refractivity contribution in [1.82, 2.24) is 5.32 Å². The smallest absolute Gasteiger partial charge is 0.143 e. The Balaban J connectivity index is 2.22. The van der Waals surface area contributed by atoms with E-state index in [1.807, 2.05) is 0 Å². The van der Waals surface area contributed by atoms with Crippen LogP contribution in [-0.4, -0.2) is 32.3 Å². The third-order valence-electron chi connectivity index (χ3n) is 3.48. The summed E-state index contributed by atoms with van der Waals surface area (Å²) in [7, 11) is 0. The van der Waals surface area contributed by atoms with Gasteiger partial charge in [0.05, 0.1) is 11.8 Å². The van der Waals surface area contributed by atoms with Gasteiger partial charge in [-0.25, -0.2) is 0 Å². The van der Waals surface area contributed by atoms with Crippen molar-refractivity contribution >= 4 is 5.69 Å². The molecule has 0 bridgehead atoms. The van der Waals surface area contributed by atoms with Crippen molar-refractivity contribution < 1.29 is 4.74 Å². The first-order chi connectivity index (χ1) is 8.70. The number of benzene rings is 1. The van der Waals surface area contributed by atoms with Gasteiger partial charge in [0.1, 0.15) is 5.75 Å². The molecule has 1 aliphatic heterocycles. The zero-order valence-corrected chi connectivity index (χ0v) is 11.7. The fraction of sp³-hybridized carbons (Fsp3) is 0.600. The van der Waals surface area contributed by atoms with E-state index in [9.17, 15) is 0 Å². The number of rotatable bonds is 4. The number of hydrogen-bond donors (Lipinski definition) is 1. The molecule has 0 amide bonds. The van der Waals surface area contributed by atoms with Crippen molar-refractivity contribution in [2.45, 2.75) is 33.3 Å². The number of nitrogens with zero attached hydrogens (tertiary/aromatic N) is 1. The molecule has 1 saturated heterocycles. The molecule has 1 fully saturated rings. The Labute approximate surface area is 110 Å². The molecule has 1 heterocycles. The lowest BCUT2D eigenvalue weighted by Crippen LogP contribution is -2.43. The summed E-state index contributed by atoms with van der Waals surface area (Å²) in [4.78, 5) is 2.42. The SMILES string of the molecule is CCC(C)Oc1ccc(C)cc1N1CCNCC1. The van der Waals surface area contributed by atoms with E-state index >= 15 is 0 Å². The third kappa shape index (κ3) is 3.16. The molecule has 100 valence electrons. The molecule has 1 aliphatic rings. The molecular formula is C15H24N2O. The minimum absolute atomic E-state index is 0.273. The Kier molecular flexibility index (Phi) is 4.48. The van der Waals surface area contributed by atoms with Crippen LogP contribution in [0.3, 0.4) is 0 Å². The number of anilines is 1. The van der Waals surface area contributed by atoms with Gasteiger partial charge in [-0.15, -0.1) is 0 Å². The first-order valence-corrected chi connectivity index (χ1v) is 6.93. The highest BCUT2D eigenvalue weighted by atomic mass is 16.5. The Morgan fingerprint density at radius 2 is 2.06 bits per heavy atom. The van der Waals surface area contributed by atoms with Crippen LogP contribution in [-0.2, 0) is 0 Å². The molecule has 18 heavy (non-hydrogen) atoms. The van der Waals surface area contributed by atoms with Gasteiger partial charge in [0.25, 0.3) is 0 Å². The standard InChI is InChI=1S/C15H24N2O/c1-4-13(3)18-15-6-5-12(2)11-14(15)17-9-7-16-8-10-17/h5-6,11,13,16H,4,7-10H2,1-3H3. The van der Waals surface area contributed by atoms with Crippen molar-refractivity contribution in [3.05, 3.63) is 23.8 Å². The van der Waals surface area contributed by atoms with Gasteiger partial charge in [0.2, 0.25) is 0 Å². The lowest BCUT2D eigenvalue weighted by atomic mass is 10.1. The molecule has 1 atom stereocenters. The van der Waals surface area contributed by atoms with Gasteiger partial charge >= 0.3 is 0 Å². The zero-order valence-electron chi connectivity index (χ0n) is 11.7. The van der Waals surface area contributed by atoms with Gasteiger partial charge in [0, 0.05) is 26.2 Å². The predicted octanol–water partition coefficient (Wildman–Crippen LogP) is 2.58. The summed E-state index contributed by atoms with van der Waals surface area (Å²) in [6, 6.07) is 6.48. The van der Waals surface area contributed by atoms with E-state index in [2.05, 4.69) is 49.2 Å². The highest BCUT2D eigenvalue weighted by Gasteiger charge is 2.16. The van der Waals surface area contributed by atoms with Crippen LogP contribution in [0.5, 0.6) is 5.75 Å². The molecule has 1 N–H and O–H groups in total. The lowest BCUT2D eigenvalue weighted by Gasteiger charge is -2.31. The van der Waals surface area contributed by atoms with Crippen LogP contribution in [0.1, 0.15) is 25.8 Å². The molecule has 1 aromatic rings. The van der Waals surface area contributed by atoms with E-state index in [1.165, 1.54) is 11.3 Å². The average molecular weight is 248 g/mol. The Morgan fingerprint density at radius 3 is 2.72 bits per heavy atom. The lowest BCUT2D eigenvalue weighted by molar-refractivity contribution is 0.217. The number of hydrogen-bond acceptors (Lipinski definition) is 3. The second-order valence-corrected chi connectivity index (χ2v) is 5.04. The van der Waals surface area contributed by atoms with Crippen LogP contribution >= 0.6 is 0 Å². The van der Waals surface area contributed by atoms with Crippen molar-refractivity contribution in [1.29, 1.82) is 0 Å². The molecule has 0 aromatic heterocycles. The molecule has 0 aliphatic carbocycles. The molecule has 2 rings (SSSR count). The van der Waals surface area contributed by atoms with E-state index in [0.29, 0.717) is 0 Å². The second-order valence-electron chi connectivity index (χ2n) is 5.04. The summed E-state index contributed by atoms with van der Waals surface area (Å²) < 4.78 is 6.04. The maximum absolute atomic E-state index is 6.04. The topological polar surface area (TPSA) is 24.5 Å². The van der Waals surface area contributed by atoms with Crippen LogP contribution in [0, 0.1) is 6.92 Å². The average Bonchev–Trinajstić information content (AvgIpc) is 2.41. The molecule has 3 heteroatoms. The maximum Gasteiger partial charge on any atom is 0.143 e. The zero-order chi connectivity index (χ0) is 13.0. The maximum atomic E-state index is 6.04. The predicted molar refractivity (Wildman–Crippen MR) is 76.6 cm³/mol. The summed E-state index contributed by atoms with van der Waals surface area (Å²) in [5.41, 5.74) is 2.54. The number of nitrogens with one attached hydrogen (secondary N) is 1. The van der Waals surface area contributed by atoms with Crippen molar-refractivity contribution in [2.75, 3.05) is 31.1 Å². The van der Waals surface area contributed by atoms with Crippen molar-refractivity contribution in [3.63, 3.8) is 0 Å². The fourth-order valence-electron chi connectivity index (χ4n) is 2.18. The van der Waals surface area contributed by atoms with Gasteiger partial charge in [-0.2, -0.15) is 0 Å². The molecule has 3 nitrogen and oxygen atoms in total.